The molecular formula is C24H22F3N3OS. The number of benzene rings is 1. The Bertz CT molecular complexity index is 1190. The molecule has 1 atom stereocenters. The minimum absolute atomic E-state index is 0.0443. The number of fused-ring (bicyclic) bond motifs is 1. The normalized spacial score (nSPS) is 16.0. The first kappa shape index (κ1) is 22.1. The number of hydrogen-bond donors (Lipinski definition) is 0. The Balaban J connectivity index is 1.90. The lowest BCUT2D eigenvalue weighted by Gasteiger charge is -2.33. The van der Waals surface area contributed by atoms with Gasteiger partial charge in [0.25, 0.3) is 0 Å². The molecule has 166 valence electrons. The van der Waals surface area contributed by atoms with Crippen LogP contribution in [0.4, 0.5) is 13.2 Å². The highest BCUT2D eigenvalue weighted by molar-refractivity contribution is 7.13. The molecule has 3 heterocycles. The molecule has 0 spiro atoms. The van der Waals surface area contributed by atoms with Crippen molar-refractivity contribution in [3.05, 3.63) is 82.3 Å². The Kier molecular flexibility index (Phi) is 5.81. The van der Waals surface area contributed by atoms with Crippen molar-refractivity contribution in [1.82, 2.24) is 14.7 Å². The van der Waals surface area contributed by atoms with Crippen molar-refractivity contribution in [2.45, 2.75) is 32.1 Å². The fraction of sp³-hybridized carbons (Fsp3) is 0.250. The van der Waals surface area contributed by atoms with E-state index in [1.54, 1.807) is 30.0 Å². The first-order chi connectivity index (χ1) is 15.3. The Morgan fingerprint density at radius 3 is 2.66 bits per heavy atom. The third kappa shape index (κ3) is 3.90. The lowest BCUT2D eigenvalue weighted by molar-refractivity contribution is -0.141. The summed E-state index contributed by atoms with van der Waals surface area (Å²) in [4.78, 5) is 16.1. The number of rotatable bonds is 5. The number of aryl methyl sites for hydroxylation is 1. The summed E-state index contributed by atoms with van der Waals surface area (Å²) in [6.07, 6.45) is -0.119. The van der Waals surface area contributed by atoms with Crippen molar-refractivity contribution in [3.8, 4) is 11.1 Å². The lowest BCUT2D eigenvalue weighted by Crippen LogP contribution is -2.37. The number of nitrogens with zero attached hydrogens (tertiary/aromatic N) is 3. The molecule has 0 saturated carbocycles. The van der Waals surface area contributed by atoms with Crippen LogP contribution in [0.2, 0.25) is 0 Å². The van der Waals surface area contributed by atoms with Crippen LogP contribution in [-0.2, 0) is 24.1 Å². The van der Waals surface area contributed by atoms with Crippen LogP contribution in [0.15, 0.2) is 55.8 Å². The topological polar surface area (TPSA) is 38.1 Å². The summed E-state index contributed by atoms with van der Waals surface area (Å²) in [7, 11) is 0. The fourth-order valence-electron chi connectivity index (χ4n) is 4.14. The van der Waals surface area contributed by atoms with Gasteiger partial charge in [0.15, 0.2) is 5.69 Å². The van der Waals surface area contributed by atoms with E-state index in [1.165, 1.54) is 28.3 Å². The zero-order valence-electron chi connectivity index (χ0n) is 17.5. The summed E-state index contributed by atoms with van der Waals surface area (Å²) in [5.41, 5.74) is 1.35. The van der Waals surface area contributed by atoms with Crippen LogP contribution in [0.3, 0.4) is 0 Å². The third-order valence-electron chi connectivity index (χ3n) is 5.64. The predicted molar refractivity (Wildman–Crippen MR) is 120 cm³/mol. The van der Waals surface area contributed by atoms with Crippen molar-refractivity contribution in [3.63, 3.8) is 0 Å². The van der Waals surface area contributed by atoms with Crippen LogP contribution in [0.25, 0.3) is 17.2 Å². The van der Waals surface area contributed by atoms with Crippen molar-refractivity contribution in [2.24, 2.45) is 0 Å². The first-order valence-electron chi connectivity index (χ1n) is 10.2. The summed E-state index contributed by atoms with van der Waals surface area (Å²) >= 11 is 1.54. The van der Waals surface area contributed by atoms with Crippen LogP contribution < -0.4 is 0 Å². The second-order valence-corrected chi connectivity index (χ2v) is 8.71. The Labute approximate surface area is 188 Å². The van der Waals surface area contributed by atoms with E-state index >= 15 is 0 Å². The highest BCUT2D eigenvalue weighted by atomic mass is 32.1. The highest BCUT2D eigenvalue weighted by Gasteiger charge is 2.39. The van der Waals surface area contributed by atoms with E-state index in [2.05, 4.69) is 18.3 Å². The number of carbonyl (C=O) groups is 1. The van der Waals surface area contributed by atoms with E-state index < -0.39 is 11.9 Å². The second-order valence-electron chi connectivity index (χ2n) is 7.54. The third-order valence-corrected chi connectivity index (χ3v) is 6.77. The molecule has 0 N–H and O–H groups in total. The molecule has 4 rings (SSSR count). The maximum absolute atomic E-state index is 13.8. The smallest absolute Gasteiger partial charge is 0.333 e. The monoisotopic (exact) mass is 457 g/mol. The minimum atomic E-state index is -4.58. The molecule has 1 aliphatic rings. The van der Waals surface area contributed by atoms with Crippen molar-refractivity contribution >= 4 is 23.3 Å². The number of amides is 1. The molecule has 1 amide bonds. The minimum Gasteiger partial charge on any atom is -0.333 e. The zero-order valence-corrected chi connectivity index (χ0v) is 18.3. The molecule has 0 saturated heterocycles. The molecule has 3 aromatic rings. The molecule has 0 fully saturated rings. The van der Waals surface area contributed by atoms with Gasteiger partial charge in [-0.05, 0) is 35.8 Å². The highest BCUT2D eigenvalue weighted by Crippen LogP contribution is 2.44. The van der Waals surface area contributed by atoms with Gasteiger partial charge >= 0.3 is 6.18 Å². The number of thiophene rings is 1. The van der Waals surface area contributed by atoms with Gasteiger partial charge in [-0.25, -0.2) is 0 Å². The number of hydrogen-bond acceptors (Lipinski definition) is 3. The van der Waals surface area contributed by atoms with Crippen molar-refractivity contribution in [2.75, 3.05) is 6.54 Å². The number of halogens is 3. The van der Waals surface area contributed by atoms with E-state index in [0.29, 0.717) is 25.2 Å². The lowest BCUT2D eigenvalue weighted by atomic mass is 9.83. The van der Waals surface area contributed by atoms with Crippen molar-refractivity contribution < 1.29 is 18.0 Å². The van der Waals surface area contributed by atoms with E-state index in [1.807, 2.05) is 18.2 Å². The average Bonchev–Trinajstić information content (AvgIpc) is 3.41. The summed E-state index contributed by atoms with van der Waals surface area (Å²) in [6.45, 7) is 10.3. The Hall–Kier alpha value is -3.13. The van der Waals surface area contributed by atoms with E-state index in [9.17, 15) is 18.0 Å². The number of aromatic nitrogens is 2. The molecule has 4 nitrogen and oxygen atoms in total. The molecule has 32 heavy (non-hydrogen) atoms. The van der Waals surface area contributed by atoms with E-state index in [4.69, 9.17) is 0 Å². The molecule has 2 aromatic heterocycles. The average molecular weight is 458 g/mol. The molecule has 0 aliphatic carbocycles. The van der Waals surface area contributed by atoms with Crippen molar-refractivity contribution in [1.29, 1.82) is 0 Å². The van der Waals surface area contributed by atoms with Crippen LogP contribution in [0.1, 0.15) is 39.4 Å². The molecule has 8 heteroatoms. The molecular weight excluding hydrogens is 435 g/mol. The second kappa shape index (κ2) is 8.43. The van der Waals surface area contributed by atoms with Gasteiger partial charge in [-0.15, -0.1) is 11.3 Å². The van der Waals surface area contributed by atoms with Gasteiger partial charge in [0.1, 0.15) is 0 Å². The summed E-state index contributed by atoms with van der Waals surface area (Å²) in [6, 6.07) is 9.08. The fourth-order valence-corrected chi connectivity index (χ4v) is 5.23. The van der Waals surface area contributed by atoms with Crippen LogP contribution in [0, 0.1) is 0 Å². The quantitative estimate of drug-likeness (QED) is 0.444. The van der Waals surface area contributed by atoms with Gasteiger partial charge in [0.2, 0.25) is 5.91 Å². The largest absolute Gasteiger partial charge is 0.435 e. The van der Waals surface area contributed by atoms with Gasteiger partial charge in [0.05, 0.1) is 6.54 Å². The maximum Gasteiger partial charge on any atom is 0.435 e. The molecule has 0 radical (unpaired) electrons. The standard InChI is InChI=1S/C24H22F3N3OS/c1-4-15-11-18-19(12-29(22(31)5-2)14-21(18)32-15)16-9-7-8-10-17(16)20-13-30(6-3)28-23(20)24(25,26)27/h4-5,7-11,13,19H,1-2,6,12,14H2,3H3/t19-/m0/s1. The van der Waals surface area contributed by atoms with Gasteiger partial charge in [-0.2, -0.15) is 18.3 Å². The first-order valence-corrected chi connectivity index (χ1v) is 11.0. The van der Waals surface area contributed by atoms with Crippen LogP contribution in [0.5, 0.6) is 0 Å². The molecule has 0 bridgehead atoms. The van der Waals surface area contributed by atoms with Crippen LogP contribution >= 0.6 is 11.3 Å². The number of alkyl halides is 3. The van der Waals surface area contributed by atoms with E-state index in [0.717, 1.165) is 20.9 Å². The Morgan fingerprint density at radius 2 is 2.00 bits per heavy atom. The molecule has 0 unspecified atom stereocenters. The van der Waals surface area contributed by atoms with Gasteiger partial charge in [-0.3, -0.25) is 9.48 Å². The van der Waals surface area contributed by atoms with Gasteiger partial charge < -0.3 is 4.90 Å². The summed E-state index contributed by atoms with van der Waals surface area (Å²) in [5, 5.41) is 3.78. The molecule has 1 aromatic carbocycles. The van der Waals surface area contributed by atoms with Gasteiger partial charge in [-0.1, -0.05) is 43.5 Å². The van der Waals surface area contributed by atoms with Gasteiger partial charge in [0, 0.05) is 40.5 Å². The van der Waals surface area contributed by atoms with E-state index in [-0.39, 0.29) is 17.4 Å². The number of carbonyl (C=O) groups excluding carboxylic acids is 1. The zero-order chi connectivity index (χ0) is 23.0. The summed E-state index contributed by atoms with van der Waals surface area (Å²) < 4.78 is 42.7. The maximum atomic E-state index is 13.8. The Morgan fingerprint density at radius 1 is 1.25 bits per heavy atom. The predicted octanol–water partition coefficient (Wildman–Crippen LogP) is 5.95. The SMILES string of the molecule is C=CC(=O)N1Cc2sc(C=C)cc2[C@H](c2ccccc2-c2cn(CC)nc2C(F)(F)F)C1. The van der Waals surface area contributed by atoms with Crippen LogP contribution in [-0.4, -0.2) is 27.1 Å². The molecule has 1 aliphatic heterocycles. The summed E-state index contributed by atoms with van der Waals surface area (Å²) in [5.74, 6) is -0.490.